The third-order valence-corrected chi connectivity index (χ3v) is 8.79. The molecule has 3 atom stereocenters. The van der Waals surface area contributed by atoms with Crippen LogP contribution in [0.2, 0.25) is 0 Å². The molecule has 0 radical (unpaired) electrons. The number of anilines is 3. The molecule has 1 unspecified atom stereocenters. The molecule has 218 valence electrons. The Bertz CT molecular complexity index is 1550. The number of nitrogens with zero attached hydrogens (tertiary/aromatic N) is 7. The molecule has 0 spiro atoms. The van der Waals surface area contributed by atoms with Crippen molar-refractivity contribution in [3.05, 3.63) is 71.9 Å². The maximum Gasteiger partial charge on any atom is 0.320 e. The Balaban J connectivity index is 1.40. The zero-order chi connectivity index (χ0) is 29.4. The van der Waals surface area contributed by atoms with Crippen molar-refractivity contribution < 1.29 is 13.9 Å². The number of carbonyl (C=O) groups excluding carboxylic acids is 1. The summed E-state index contributed by atoms with van der Waals surface area (Å²) in [6, 6.07) is 14.9. The van der Waals surface area contributed by atoms with Crippen LogP contribution in [0.4, 0.5) is 21.7 Å². The molecule has 0 saturated carbocycles. The van der Waals surface area contributed by atoms with E-state index in [1.165, 1.54) is 4.90 Å². The van der Waals surface area contributed by atoms with E-state index in [1.807, 2.05) is 6.07 Å². The van der Waals surface area contributed by atoms with Gasteiger partial charge in [-0.25, -0.2) is 11.0 Å². The number of carbonyl (C=O) groups is 1. The van der Waals surface area contributed by atoms with E-state index < -0.39 is 17.8 Å². The van der Waals surface area contributed by atoms with E-state index in [2.05, 4.69) is 76.5 Å². The van der Waals surface area contributed by atoms with Crippen LogP contribution in [0, 0.1) is 6.57 Å². The second-order valence-electron chi connectivity index (χ2n) is 11.5. The molecule has 3 aliphatic rings. The number of hydrogen-bond acceptors (Lipinski definition) is 7. The maximum atomic E-state index is 13.8. The number of halogens is 1. The largest absolute Gasteiger partial charge is 0.462 e. The lowest BCUT2D eigenvalue weighted by Gasteiger charge is -2.40. The predicted molar refractivity (Wildman–Crippen MR) is 162 cm³/mol. The molecule has 1 aromatic heterocycles. The van der Waals surface area contributed by atoms with Gasteiger partial charge < -0.3 is 29.2 Å². The molecule has 4 heterocycles. The zero-order valence-corrected chi connectivity index (χ0v) is 24.2. The van der Waals surface area contributed by atoms with Crippen molar-refractivity contribution in [3.63, 3.8) is 0 Å². The lowest BCUT2D eigenvalue weighted by molar-refractivity contribution is -0.131. The van der Waals surface area contributed by atoms with Crippen molar-refractivity contribution in [2.75, 3.05) is 56.2 Å². The first-order valence-electron chi connectivity index (χ1n) is 14.6. The summed E-state index contributed by atoms with van der Waals surface area (Å²) in [6.07, 6.45) is 2.94. The highest BCUT2D eigenvalue weighted by atomic mass is 19.1. The Kier molecular flexibility index (Phi) is 7.69. The number of hydrogen-bond donors (Lipinski definition) is 0. The molecular formula is C32H36FN7O2. The minimum absolute atomic E-state index is 0.0682. The number of likely N-dealkylation sites (tertiary alicyclic amines) is 1. The van der Waals surface area contributed by atoms with Crippen LogP contribution < -0.4 is 14.5 Å². The van der Waals surface area contributed by atoms with Gasteiger partial charge >= 0.3 is 6.01 Å². The van der Waals surface area contributed by atoms with E-state index in [9.17, 15) is 9.18 Å². The van der Waals surface area contributed by atoms with Crippen LogP contribution in [0.15, 0.2) is 54.9 Å². The molecule has 0 aliphatic carbocycles. The van der Waals surface area contributed by atoms with Crippen LogP contribution in [-0.4, -0.2) is 90.2 Å². The van der Waals surface area contributed by atoms with Crippen LogP contribution in [0.3, 0.4) is 0 Å². The average molecular weight is 570 g/mol. The minimum Gasteiger partial charge on any atom is -0.462 e. The third kappa shape index (κ3) is 5.13. The minimum atomic E-state index is -1.01. The first-order chi connectivity index (χ1) is 20.4. The number of ether oxygens (including phenoxy) is 1. The van der Waals surface area contributed by atoms with E-state index in [-0.39, 0.29) is 19.1 Å². The van der Waals surface area contributed by atoms with Gasteiger partial charge in [0.25, 0.3) is 5.91 Å². The predicted octanol–water partition coefficient (Wildman–Crippen LogP) is 4.61. The van der Waals surface area contributed by atoms with Crippen molar-refractivity contribution >= 4 is 34.0 Å². The first-order valence-corrected chi connectivity index (χ1v) is 14.6. The Morgan fingerprint density at radius 3 is 2.67 bits per heavy atom. The van der Waals surface area contributed by atoms with Gasteiger partial charge in [0.15, 0.2) is 5.83 Å². The lowest BCUT2D eigenvalue weighted by atomic mass is 10.1. The summed E-state index contributed by atoms with van der Waals surface area (Å²) in [7, 11) is 2.12. The van der Waals surface area contributed by atoms with Gasteiger partial charge in [-0.2, -0.15) is 9.97 Å². The maximum absolute atomic E-state index is 13.8. The van der Waals surface area contributed by atoms with Crippen LogP contribution >= 0.6 is 0 Å². The highest BCUT2D eigenvalue weighted by Gasteiger charge is 2.39. The third-order valence-electron chi connectivity index (χ3n) is 8.79. The van der Waals surface area contributed by atoms with E-state index in [0.29, 0.717) is 31.7 Å². The average Bonchev–Trinajstić information content (AvgIpc) is 3.56. The van der Waals surface area contributed by atoms with Crippen LogP contribution in [0.25, 0.3) is 15.6 Å². The summed E-state index contributed by atoms with van der Waals surface area (Å²) in [6.45, 7) is 15.5. The van der Waals surface area contributed by atoms with Crippen LogP contribution in [0.5, 0.6) is 6.01 Å². The highest BCUT2D eigenvalue weighted by Crippen LogP contribution is 2.44. The van der Waals surface area contributed by atoms with E-state index in [1.54, 1.807) is 0 Å². The van der Waals surface area contributed by atoms with Crippen molar-refractivity contribution in [1.29, 1.82) is 0 Å². The molecule has 1 amide bonds. The fourth-order valence-electron chi connectivity index (χ4n) is 6.61. The van der Waals surface area contributed by atoms with E-state index >= 15 is 0 Å². The summed E-state index contributed by atoms with van der Waals surface area (Å²) in [4.78, 5) is 34.2. The van der Waals surface area contributed by atoms with Gasteiger partial charge in [-0.05, 0) is 44.8 Å². The molecule has 10 heteroatoms. The molecule has 0 N–H and O–H groups in total. The van der Waals surface area contributed by atoms with Crippen molar-refractivity contribution in [3.8, 4) is 6.01 Å². The van der Waals surface area contributed by atoms with Crippen LogP contribution in [0.1, 0.15) is 25.3 Å². The standard InChI is InChI=1S/C32H36FN7O2/c1-21-17-27-29(38-15-16-39(31(41)22(2)33)25(19-38)18-34-3)35-32(42-20-24-11-8-14-37(24)4)36-30(27)40(21)28-13-7-10-23-9-5-6-12-26(23)28/h5-7,9-10,12-13,21,24-25H,2,8,11,14-20H2,1,4H3/t21?,24-,25-/m0/s1. The molecule has 42 heavy (non-hydrogen) atoms. The Morgan fingerprint density at radius 2 is 1.90 bits per heavy atom. The van der Waals surface area contributed by atoms with Gasteiger partial charge in [0.05, 0.1) is 5.69 Å². The number of benzene rings is 2. The normalized spacial score (nSPS) is 22.3. The Hall–Kier alpha value is -4.23. The summed E-state index contributed by atoms with van der Waals surface area (Å²) in [5.74, 6) is -0.188. The fourth-order valence-corrected chi connectivity index (χ4v) is 6.61. The molecule has 2 aromatic carbocycles. The van der Waals surface area contributed by atoms with Crippen molar-refractivity contribution in [2.45, 2.75) is 44.3 Å². The number of amides is 1. The second kappa shape index (κ2) is 11.6. The lowest BCUT2D eigenvalue weighted by Crippen LogP contribution is -2.56. The van der Waals surface area contributed by atoms with Gasteiger partial charge in [-0.1, -0.05) is 43.0 Å². The molecule has 2 saturated heterocycles. The summed E-state index contributed by atoms with van der Waals surface area (Å²) >= 11 is 0. The number of fused-ring (bicyclic) bond motifs is 2. The number of likely N-dealkylation sites (N-methyl/N-ethyl adjacent to an activating group) is 1. The molecular weight excluding hydrogens is 533 g/mol. The van der Waals surface area contributed by atoms with Gasteiger partial charge in [-0.3, -0.25) is 4.79 Å². The molecule has 3 aromatic rings. The molecule has 9 nitrogen and oxygen atoms in total. The number of aromatic nitrogens is 2. The van der Waals surface area contributed by atoms with Gasteiger partial charge in [0, 0.05) is 49.1 Å². The fraction of sp³-hybridized carbons (Fsp3) is 0.438. The summed E-state index contributed by atoms with van der Waals surface area (Å²) in [5.41, 5.74) is 2.09. The van der Waals surface area contributed by atoms with Crippen LogP contribution in [-0.2, 0) is 11.2 Å². The topological polar surface area (TPSA) is 69.4 Å². The van der Waals surface area contributed by atoms with E-state index in [0.717, 1.165) is 59.5 Å². The highest BCUT2D eigenvalue weighted by molar-refractivity contribution is 5.97. The SMILES string of the molecule is [C-]#[N+]C[C@H]1CN(c2nc(OC[C@@H]3CCCN3C)nc3c2CC(C)N3c2cccc3ccccc23)CCN1C(=O)C(=C)F. The van der Waals surface area contributed by atoms with Gasteiger partial charge in [0.1, 0.15) is 24.3 Å². The summed E-state index contributed by atoms with van der Waals surface area (Å²) in [5, 5.41) is 2.30. The molecule has 3 aliphatic heterocycles. The zero-order valence-electron chi connectivity index (χ0n) is 24.2. The molecule has 0 bridgehead atoms. The van der Waals surface area contributed by atoms with Crippen molar-refractivity contribution in [1.82, 2.24) is 19.8 Å². The van der Waals surface area contributed by atoms with E-state index in [4.69, 9.17) is 21.3 Å². The number of piperazine rings is 1. The quantitative estimate of drug-likeness (QED) is 0.304. The smallest absolute Gasteiger partial charge is 0.320 e. The monoisotopic (exact) mass is 569 g/mol. The van der Waals surface area contributed by atoms with Gasteiger partial charge in [0.2, 0.25) is 6.54 Å². The second-order valence-corrected chi connectivity index (χ2v) is 11.5. The Labute approximate surface area is 246 Å². The molecule has 2 fully saturated rings. The Morgan fingerprint density at radius 1 is 1.12 bits per heavy atom. The van der Waals surface area contributed by atoms with Crippen molar-refractivity contribution in [2.24, 2.45) is 0 Å². The van der Waals surface area contributed by atoms with Gasteiger partial charge in [-0.15, -0.1) is 0 Å². The summed E-state index contributed by atoms with van der Waals surface area (Å²) < 4.78 is 20.1. The molecule has 6 rings (SSSR count). The number of rotatable bonds is 7. The first kappa shape index (κ1) is 27.9.